The minimum absolute atomic E-state index is 0.0954. The summed E-state index contributed by atoms with van der Waals surface area (Å²) >= 11 is 0. The largest absolute Gasteiger partial charge is 0.396 e. The van der Waals surface area contributed by atoms with Gasteiger partial charge in [-0.2, -0.15) is 0 Å². The van der Waals surface area contributed by atoms with Crippen LogP contribution in [0.25, 0.3) is 11.0 Å². The molecule has 1 amide bonds. The van der Waals surface area contributed by atoms with E-state index in [1.54, 1.807) is 16.8 Å². The molecular formula is C14H20N4O2. The number of amides is 1. The molecule has 2 rings (SSSR count). The number of hydrogen-bond acceptors (Lipinski definition) is 4. The highest BCUT2D eigenvalue weighted by Gasteiger charge is 2.09. The van der Waals surface area contributed by atoms with Crippen molar-refractivity contribution in [3.63, 3.8) is 0 Å². The van der Waals surface area contributed by atoms with Gasteiger partial charge in [0.2, 0.25) is 0 Å². The number of rotatable bonds is 7. The molecule has 0 aliphatic carbocycles. The monoisotopic (exact) mass is 276 g/mol. The third-order valence-corrected chi connectivity index (χ3v) is 3.20. The van der Waals surface area contributed by atoms with Crippen LogP contribution in [-0.2, 0) is 6.54 Å². The van der Waals surface area contributed by atoms with Crippen molar-refractivity contribution in [1.29, 1.82) is 0 Å². The molecule has 0 fully saturated rings. The number of nitrogens with zero attached hydrogens (tertiary/aromatic N) is 3. The van der Waals surface area contributed by atoms with E-state index in [0.717, 1.165) is 36.8 Å². The fraction of sp³-hybridized carbons (Fsp3) is 0.500. The van der Waals surface area contributed by atoms with Crippen LogP contribution < -0.4 is 5.32 Å². The maximum absolute atomic E-state index is 12.0. The molecule has 1 aromatic heterocycles. The Morgan fingerprint density at radius 3 is 2.95 bits per heavy atom. The topological polar surface area (TPSA) is 80.0 Å². The fourth-order valence-corrected chi connectivity index (χ4v) is 2.06. The Hall–Kier alpha value is -1.95. The van der Waals surface area contributed by atoms with Gasteiger partial charge in [0.1, 0.15) is 5.52 Å². The molecule has 0 saturated carbocycles. The van der Waals surface area contributed by atoms with E-state index in [2.05, 4.69) is 15.6 Å². The second-order valence-electron chi connectivity index (χ2n) is 4.65. The molecule has 108 valence electrons. The van der Waals surface area contributed by atoms with E-state index < -0.39 is 0 Å². The molecule has 2 N–H and O–H groups in total. The second-order valence-corrected chi connectivity index (χ2v) is 4.65. The van der Waals surface area contributed by atoms with E-state index in [4.69, 9.17) is 5.11 Å². The predicted octanol–water partition coefficient (Wildman–Crippen LogP) is 1.34. The van der Waals surface area contributed by atoms with Crippen molar-refractivity contribution in [2.45, 2.75) is 32.7 Å². The number of unbranched alkanes of at least 4 members (excludes halogenated alkanes) is 2. The smallest absolute Gasteiger partial charge is 0.251 e. The Balaban J connectivity index is 1.96. The van der Waals surface area contributed by atoms with Crippen molar-refractivity contribution >= 4 is 16.9 Å². The lowest BCUT2D eigenvalue weighted by Gasteiger charge is -2.05. The quantitative estimate of drug-likeness (QED) is 0.748. The van der Waals surface area contributed by atoms with Gasteiger partial charge >= 0.3 is 0 Å². The first kappa shape index (κ1) is 14.5. The Labute approximate surface area is 117 Å². The van der Waals surface area contributed by atoms with Crippen molar-refractivity contribution in [2.75, 3.05) is 13.2 Å². The van der Waals surface area contributed by atoms with E-state index in [1.807, 2.05) is 13.0 Å². The van der Waals surface area contributed by atoms with Crippen LogP contribution in [0.2, 0.25) is 0 Å². The number of hydrogen-bond donors (Lipinski definition) is 2. The average Bonchev–Trinajstić information content (AvgIpc) is 2.89. The first-order valence-corrected chi connectivity index (χ1v) is 6.98. The summed E-state index contributed by atoms with van der Waals surface area (Å²) in [6.45, 7) is 3.59. The van der Waals surface area contributed by atoms with E-state index in [9.17, 15) is 4.79 Å². The predicted molar refractivity (Wildman–Crippen MR) is 76.5 cm³/mol. The summed E-state index contributed by atoms with van der Waals surface area (Å²) < 4.78 is 1.80. The molecule has 0 aliphatic rings. The van der Waals surface area contributed by atoms with Gasteiger partial charge in [-0.1, -0.05) is 5.21 Å². The van der Waals surface area contributed by atoms with Crippen LogP contribution in [-0.4, -0.2) is 39.2 Å². The van der Waals surface area contributed by atoms with E-state index in [1.165, 1.54) is 0 Å². The number of aromatic nitrogens is 3. The lowest BCUT2D eigenvalue weighted by molar-refractivity contribution is 0.0953. The number of benzene rings is 1. The molecule has 0 bridgehead atoms. The second kappa shape index (κ2) is 7.00. The first-order valence-electron chi connectivity index (χ1n) is 6.98. The summed E-state index contributed by atoms with van der Waals surface area (Å²) in [5, 5.41) is 19.6. The minimum atomic E-state index is -0.0954. The number of carbonyl (C=O) groups is 1. The molecule has 0 saturated heterocycles. The number of carbonyl (C=O) groups excluding carboxylic acids is 1. The maximum atomic E-state index is 12.0. The highest BCUT2D eigenvalue weighted by molar-refractivity contribution is 5.97. The highest BCUT2D eigenvalue weighted by Crippen LogP contribution is 2.13. The van der Waals surface area contributed by atoms with Crippen LogP contribution in [0.15, 0.2) is 18.2 Å². The van der Waals surface area contributed by atoms with Crippen molar-refractivity contribution < 1.29 is 9.90 Å². The number of fused-ring (bicyclic) bond motifs is 1. The summed E-state index contributed by atoms with van der Waals surface area (Å²) in [5.41, 5.74) is 2.27. The zero-order valence-corrected chi connectivity index (χ0v) is 11.7. The molecule has 2 aromatic rings. The van der Waals surface area contributed by atoms with Crippen molar-refractivity contribution in [1.82, 2.24) is 20.3 Å². The van der Waals surface area contributed by atoms with Gasteiger partial charge in [0.05, 0.1) is 5.52 Å². The third-order valence-electron chi connectivity index (χ3n) is 3.20. The fourth-order valence-electron chi connectivity index (χ4n) is 2.06. The van der Waals surface area contributed by atoms with Crippen LogP contribution >= 0.6 is 0 Å². The highest BCUT2D eigenvalue weighted by atomic mass is 16.2. The standard InChI is InChI=1S/C14H20N4O2/c1-2-18-13-7-6-11(10-12(13)16-17-18)14(20)15-8-4-3-5-9-19/h6-7,10,19H,2-5,8-9H2,1H3,(H,15,20). The number of aliphatic hydroxyl groups excluding tert-OH is 1. The van der Waals surface area contributed by atoms with Gasteiger partial charge in [-0.05, 0) is 44.4 Å². The average molecular weight is 276 g/mol. The van der Waals surface area contributed by atoms with Crippen LogP contribution in [0.5, 0.6) is 0 Å². The zero-order valence-electron chi connectivity index (χ0n) is 11.7. The number of nitrogens with one attached hydrogen (secondary N) is 1. The SMILES string of the molecule is CCn1nnc2cc(C(=O)NCCCCCO)ccc21. The maximum Gasteiger partial charge on any atom is 0.251 e. The lowest BCUT2D eigenvalue weighted by atomic mass is 10.2. The molecule has 1 aromatic carbocycles. The zero-order chi connectivity index (χ0) is 14.4. The van der Waals surface area contributed by atoms with E-state index in [0.29, 0.717) is 12.1 Å². The van der Waals surface area contributed by atoms with E-state index >= 15 is 0 Å². The first-order chi connectivity index (χ1) is 9.76. The van der Waals surface area contributed by atoms with Crippen LogP contribution in [0.3, 0.4) is 0 Å². The van der Waals surface area contributed by atoms with Crippen molar-refractivity contribution in [2.24, 2.45) is 0 Å². The molecule has 1 heterocycles. The summed E-state index contributed by atoms with van der Waals surface area (Å²) in [6, 6.07) is 5.43. The summed E-state index contributed by atoms with van der Waals surface area (Å²) in [4.78, 5) is 12.0. The van der Waals surface area contributed by atoms with Gasteiger partial charge in [0.25, 0.3) is 5.91 Å². The van der Waals surface area contributed by atoms with E-state index in [-0.39, 0.29) is 12.5 Å². The van der Waals surface area contributed by atoms with Crippen LogP contribution in [0, 0.1) is 0 Å². The number of aryl methyl sites for hydroxylation is 1. The van der Waals surface area contributed by atoms with Gasteiger partial charge in [0, 0.05) is 25.3 Å². The minimum Gasteiger partial charge on any atom is -0.396 e. The van der Waals surface area contributed by atoms with Crippen LogP contribution in [0.4, 0.5) is 0 Å². The molecule has 0 unspecified atom stereocenters. The Morgan fingerprint density at radius 1 is 1.35 bits per heavy atom. The van der Waals surface area contributed by atoms with Crippen LogP contribution in [0.1, 0.15) is 36.5 Å². The molecule has 6 heteroatoms. The molecule has 20 heavy (non-hydrogen) atoms. The molecule has 6 nitrogen and oxygen atoms in total. The Morgan fingerprint density at radius 2 is 2.20 bits per heavy atom. The van der Waals surface area contributed by atoms with Gasteiger partial charge in [0.15, 0.2) is 0 Å². The summed E-state index contributed by atoms with van der Waals surface area (Å²) in [7, 11) is 0. The summed E-state index contributed by atoms with van der Waals surface area (Å²) in [6.07, 6.45) is 2.57. The Bertz CT molecular complexity index is 580. The van der Waals surface area contributed by atoms with Gasteiger partial charge in [-0.15, -0.1) is 5.10 Å². The molecule has 0 radical (unpaired) electrons. The van der Waals surface area contributed by atoms with Crippen molar-refractivity contribution in [3.05, 3.63) is 23.8 Å². The lowest BCUT2D eigenvalue weighted by Crippen LogP contribution is -2.24. The normalized spacial score (nSPS) is 10.9. The van der Waals surface area contributed by atoms with Gasteiger partial charge in [-0.3, -0.25) is 4.79 Å². The molecule has 0 aliphatic heterocycles. The van der Waals surface area contributed by atoms with Crippen molar-refractivity contribution in [3.8, 4) is 0 Å². The Kier molecular flexibility index (Phi) is 5.06. The van der Waals surface area contributed by atoms with Gasteiger partial charge in [-0.25, -0.2) is 4.68 Å². The third kappa shape index (κ3) is 3.33. The van der Waals surface area contributed by atoms with Gasteiger partial charge < -0.3 is 10.4 Å². The molecular weight excluding hydrogens is 256 g/mol. The molecule has 0 spiro atoms. The number of aliphatic hydroxyl groups is 1. The summed E-state index contributed by atoms with van der Waals surface area (Å²) in [5.74, 6) is -0.0954. The molecule has 0 atom stereocenters.